The zero-order valence-electron chi connectivity index (χ0n) is 19.1. The molecule has 162 valence electrons. The van der Waals surface area contributed by atoms with Crippen molar-refractivity contribution in [3.63, 3.8) is 0 Å². The minimum Gasteiger partial charge on any atom is -0.367 e. The van der Waals surface area contributed by atoms with Crippen molar-refractivity contribution in [2.45, 2.75) is 57.7 Å². The van der Waals surface area contributed by atoms with Gasteiger partial charge in [-0.15, -0.1) is 0 Å². The third-order valence-corrected chi connectivity index (χ3v) is 8.99. The topological polar surface area (TPSA) is 37.4 Å². The van der Waals surface area contributed by atoms with Crippen molar-refractivity contribution in [2.24, 2.45) is 5.92 Å². The summed E-state index contributed by atoms with van der Waals surface area (Å²) in [6.45, 7) is 16.7. The van der Waals surface area contributed by atoms with Gasteiger partial charge in [-0.2, -0.15) is 0 Å². The molecule has 5 heteroatoms. The van der Waals surface area contributed by atoms with E-state index in [4.69, 9.17) is 0 Å². The van der Waals surface area contributed by atoms with Gasteiger partial charge in [-0.25, -0.2) is 8.42 Å². The Morgan fingerprint density at radius 3 is 2.30 bits per heavy atom. The van der Waals surface area contributed by atoms with Crippen LogP contribution in [0.15, 0.2) is 41.3 Å². The first-order valence-corrected chi connectivity index (χ1v) is 12.7. The highest BCUT2D eigenvalue weighted by Gasteiger charge is 2.46. The van der Waals surface area contributed by atoms with Gasteiger partial charge in [0.25, 0.3) is 0 Å². The summed E-state index contributed by atoms with van der Waals surface area (Å²) in [6, 6.07) is 12.4. The van der Waals surface area contributed by atoms with Crippen LogP contribution in [0.3, 0.4) is 0 Å². The Labute approximate surface area is 182 Å². The number of quaternary nitrogens is 1. The van der Waals surface area contributed by atoms with Gasteiger partial charge in [-0.05, 0) is 56.5 Å². The fraction of sp³-hybridized carbons (Fsp3) is 0.520. The molecule has 2 aromatic rings. The number of nitrogens with zero attached hydrogens (tertiary/aromatic N) is 2. The molecule has 1 atom stereocenters. The zero-order chi connectivity index (χ0) is 21.8. The summed E-state index contributed by atoms with van der Waals surface area (Å²) in [6.07, 6.45) is 0. The van der Waals surface area contributed by atoms with Crippen LogP contribution in [-0.4, -0.2) is 40.6 Å². The van der Waals surface area contributed by atoms with Gasteiger partial charge in [0.2, 0.25) is 0 Å². The van der Waals surface area contributed by atoms with Crippen molar-refractivity contribution >= 4 is 21.2 Å². The summed E-state index contributed by atoms with van der Waals surface area (Å²) in [7, 11) is -3.49. The number of benzene rings is 2. The third-order valence-electron chi connectivity index (χ3n) is 6.78. The fourth-order valence-corrected chi connectivity index (χ4v) is 7.26. The SMILES string of the molecule is Cc1cc([N+]2(CC(C)C)CC2)ccc1S(=O)(=O)C1CN(C(C)C)c2cccc(C)c21. The molecule has 0 aromatic heterocycles. The second kappa shape index (κ2) is 7.38. The van der Waals surface area contributed by atoms with E-state index in [1.165, 1.54) is 5.69 Å². The lowest BCUT2D eigenvalue weighted by Crippen LogP contribution is -2.31. The molecule has 1 saturated heterocycles. The van der Waals surface area contributed by atoms with Crippen LogP contribution in [0.1, 0.15) is 49.6 Å². The quantitative estimate of drug-likeness (QED) is 0.480. The van der Waals surface area contributed by atoms with Crippen molar-refractivity contribution in [3.8, 4) is 0 Å². The Kier molecular flexibility index (Phi) is 5.26. The van der Waals surface area contributed by atoms with E-state index in [0.29, 0.717) is 17.4 Å². The largest absolute Gasteiger partial charge is 0.367 e. The lowest BCUT2D eigenvalue weighted by molar-refractivity contribution is 0.449. The van der Waals surface area contributed by atoms with Crippen LogP contribution in [0, 0.1) is 19.8 Å². The first-order chi connectivity index (χ1) is 14.1. The van der Waals surface area contributed by atoms with Crippen molar-refractivity contribution in [3.05, 3.63) is 53.1 Å². The van der Waals surface area contributed by atoms with E-state index in [2.05, 4.69) is 50.8 Å². The Bertz CT molecular complexity index is 1070. The molecule has 0 spiro atoms. The highest BCUT2D eigenvalue weighted by atomic mass is 32.2. The van der Waals surface area contributed by atoms with Crippen molar-refractivity contribution in [1.82, 2.24) is 4.48 Å². The van der Waals surface area contributed by atoms with Crippen molar-refractivity contribution in [2.75, 3.05) is 31.1 Å². The zero-order valence-corrected chi connectivity index (χ0v) is 20.0. The maximum Gasteiger partial charge on any atom is 0.187 e. The summed E-state index contributed by atoms with van der Waals surface area (Å²) in [4.78, 5) is 2.72. The number of hydrogen-bond donors (Lipinski definition) is 0. The van der Waals surface area contributed by atoms with Gasteiger partial charge in [0.05, 0.1) is 11.4 Å². The standard InChI is InChI=1S/C25H35N2O2S/c1-17(2)16-27(12-13-27)21-10-11-23(20(6)14-21)30(28,29)24-15-26(18(3)4)22-9-7-8-19(5)25(22)24/h7-11,14,17-18,24H,12-13,15-16H2,1-6H3/q+1. The van der Waals surface area contributed by atoms with Crippen LogP contribution in [-0.2, 0) is 9.84 Å². The number of rotatable bonds is 6. The van der Waals surface area contributed by atoms with Crippen LogP contribution in [0.2, 0.25) is 0 Å². The Morgan fingerprint density at radius 1 is 1.03 bits per heavy atom. The summed E-state index contributed by atoms with van der Waals surface area (Å²) < 4.78 is 28.7. The van der Waals surface area contributed by atoms with Gasteiger partial charge in [-0.1, -0.05) is 26.0 Å². The molecule has 30 heavy (non-hydrogen) atoms. The van der Waals surface area contributed by atoms with Crippen LogP contribution >= 0.6 is 0 Å². The highest BCUT2D eigenvalue weighted by Crippen LogP contribution is 2.45. The summed E-state index contributed by atoms with van der Waals surface area (Å²) in [5.74, 6) is 0.621. The molecule has 0 N–H and O–H groups in total. The van der Waals surface area contributed by atoms with Gasteiger partial charge in [0.15, 0.2) is 9.84 Å². The second-order valence-electron chi connectivity index (χ2n) is 9.91. The average Bonchev–Trinajstić information content (AvgIpc) is 3.30. The van der Waals surface area contributed by atoms with Gasteiger partial charge in [0.1, 0.15) is 24.0 Å². The lowest BCUT2D eigenvalue weighted by Gasteiger charge is -2.24. The maximum absolute atomic E-state index is 13.9. The molecule has 0 amide bonds. The second-order valence-corrected chi connectivity index (χ2v) is 12.0. The molecular weight excluding hydrogens is 392 g/mol. The molecule has 0 bridgehead atoms. The van der Waals surface area contributed by atoms with E-state index in [-0.39, 0.29) is 6.04 Å². The van der Waals surface area contributed by atoms with E-state index < -0.39 is 15.1 Å². The van der Waals surface area contributed by atoms with Crippen LogP contribution in [0.5, 0.6) is 0 Å². The minimum atomic E-state index is -3.49. The molecule has 2 heterocycles. The summed E-state index contributed by atoms with van der Waals surface area (Å²) in [5.41, 5.74) is 5.23. The monoisotopic (exact) mass is 427 g/mol. The van der Waals surface area contributed by atoms with Gasteiger partial charge >= 0.3 is 0 Å². The number of anilines is 1. The molecule has 2 aliphatic rings. The molecule has 4 rings (SSSR count). The van der Waals surface area contributed by atoms with Gasteiger partial charge in [0, 0.05) is 36.3 Å². The molecule has 2 aromatic carbocycles. The highest BCUT2D eigenvalue weighted by molar-refractivity contribution is 7.91. The average molecular weight is 428 g/mol. The molecule has 0 aliphatic carbocycles. The minimum absolute atomic E-state index is 0.261. The Morgan fingerprint density at radius 2 is 1.73 bits per heavy atom. The van der Waals surface area contributed by atoms with Gasteiger partial charge < -0.3 is 4.90 Å². The van der Waals surface area contributed by atoms with Gasteiger partial charge in [-0.3, -0.25) is 4.48 Å². The van der Waals surface area contributed by atoms with E-state index in [0.717, 1.165) is 46.5 Å². The molecule has 4 nitrogen and oxygen atoms in total. The van der Waals surface area contributed by atoms with Crippen LogP contribution in [0.4, 0.5) is 11.4 Å². The normalized spacial score (nSPS) is 20.1. The molecule has 1 unspecified atom stereocenters. The number of sulfone groups is 1. The van der Waals surface area contributed by atoms with Crippen molar-refractivity contribution < 1.29 is 8.42 Å². The fourth-order valence-electron chi connectivity index (χ4n) is 5.21. The van der Waals surface area contributed by atoms with E-state index in [1.807, 2.05) is 32.0 Å². The molecule has 0 saturated carbocycles. The first-order valence-electron chi connectivity index (χ1n) is 11.1. The van der Waals surface area contributed by atoms with E-state index >= 15 is 0 Å². The van der Waals surface area contributed by atoms with E-state index in [9.17, 15) is 8.42 Å². The maximum atomic E-state index is 13.9. The summed E-state index contributed by atoms with van der Waals surface area (Å²) in [5, 5.41) is -0.513. The smallest absolute Gasteiger partial charge is 0.187 e. The number of fused-ring (bicyclic) bond motifs is 1. The van der Waals surface area contributed by atoms with Crippen LogP contribution in [0.25, 0.3) is 0 Å². The molecule has 0 radical (unpaired) electrons. The Balaban J connectivity index is 1.73. The first kappa shape index (κ1) is 21.4. The number of aryl methyl sites for hydroxylation is 2. The Hall–Kier alpha value is -1.85. The molecule has 1 fully saturated rings. The lowest BCUT2D eigenvalue weighted by atomic mass is 10.1. The molecular formula is C25H35N2O2S+. The van der Waals surface area contributed by atoms with Crippen molar-refractivity contribution in [1.29, 1.82) is 0 Å². The van der Waals surface area contributed by atoms with Crippen LogP contribution < -0.4 is 9.38 Å². The number of hydrogen-bond acceptors (Lipinski definition) is 3. The predicted molar refractivity (Wildman–Crippen MR) is 126 cm³/mol. The summed E-state index contributed by atoms with van der Waals surface area (Å²) >= 11 is 0. The van der Waals surface area contributed by atoms with E-state index in [1.54, 1.807) is 0 Å². The molecule has 2 aliphatic heterocycles. The predicted octanol–water partition coefficient (Wildman–Crippen LogP) is 5.02. The third kappa shape index (κ3) is 3.46.